The van der Waals surface area contributed by atoms with E-state index in [2.05, 4.69) is 17.2 Å². The average molecular weight is 302 g/mol. The van der Waals surface area contributed by atoms with Gasteiger partial charge in [-0.1, -0.05) is 13.8 Å². The highest BCUT2D eigenvalue weighted by atomic mass is 19.4. The van der Waals surface area contributed by atoms with Gasteiger partial charge in [-0.15, -0.1) is 0 Å². The number of piperidine rings is 1. The van der Waals surface area contributed by atoms with Crippen LogP contribution in [-0.4, -0.2) is 24.7 Å². The van der Waals surface area contributed by atoms with Gasteiger partial charge in [0, 0.05) is 0 Å². The zero-order valence-electron chi connectivity index (χ0n) is 12.3. The van der Waals surface area contributed by atoms with Gasteiger partial charge in [0.1, 0.15) is 11.4 Å². The first-order chi connectivity index (χ1) is 9.91. The minimum absolute atomic E-state index is 0.179. The van der Waals surface area contributed by atoms with E-state index < -0.39 is 11.9 Å². The number of aromatic nitrogens is 1. The monoisotopic (exact) mass is 302 g/mol. The molecule has 0 radical (unpaired) electrons. The van der Waals surface area contributed by atoms with Crippen LogP contribution in [-0.2, 0) is 12.6 Å². The Hall–Kier alpha value is -1.30. The molecule has 1 aliphatic heterocycles. The van der Waals surface area contributed by atoms with E-state index in [-0.39, 0.29) is 12.0 Å². The van der Waals surface area contributed by atoms with Crippen molar-refractivity contribution >= 4 is 0 Å². The van der Waals surface area contributed by atoms with Crippen LogP contribution in [0.1, 0.15) is 31.5 Å². The normalized spacial score (nSPS) is 23.1. The van der Waals surface area contributed by atoms with Crippen molar-refractivity contribution in [3.63, 3.8) is 0 Å². The molecular weight excluding hydrogens is 281 g/mol. The largest absolute Gasteiger partial charge is 0.492 e. The summed E-state index contributed by atoms with van der Waals surface area (Å²) in [5.41, 5.74) is -0.633. The number of nitrogens with one attached hydrogen (secondary N) is 1. The van der Waals surface area contributed by atoms with E-state index >= 15 is 0 Å². The minimum atomic E-state index is -4.41. The molecule has 2 atom stereocenters. The Morgan fingerprint density at radius 1 is 1.43 bits per heavy atom. The number of alkyl halides is 3. The van der Waals surface area contributed by atoms with Crippen LogP contribution in [0.15, 0.2) is 12.3 Å². The summed E-state index contributed by atoms with van der Waals surface area (Å²) < 4.78 is 44.0. The van der Waals surface area contributed by atoms with Gasteiger partial charge in [-0.2, -0.15) is 13.2 Å². The predicted molar refractivity (Wildman–Crippen MR) is 74.3 cm³/mol. The first-order valence-corrected chi connectivity index (χ1v) is 7.31. The van der Waals surface area contributed by atoms with Crippen LogP contribution in [0, 0.1) is 11.8 Å². The van der Waals surface area contributed by atoms with Crippen molar-refractivity contribution < 1.29 is 17.9 Å². The molecule has 1 aromatic heterocycles. The highest BCUT2D eigenvalue weighted by Gasteiger charge is 2.35. The molecule has 0 aliphatic carbocycles. The fourth-order valence-corrected chi connectivity index (χ4v) is 2.61. The molecule has 2 unspecified atom stereocenters. The smallest absolute Gasteiger partial charge is 0.433 e. The number of halogens is 3. The van der Waals surface area contributed by atoms with Gasteiger partial charge in [-0.3, -0.25) is 0 Å². The lowest BCUT2D eigenvalue weighted by Crippen LogP contribution is -2.37. The highest BCUT2D eigenvalue weighted by Crippen LogP contribution is 2.32. The molecule has 1 fully saturated rings. The third kappa shape index (κ3) is 4.09. The number of hydrogen-bond acceptors (Lipinski definition) is 3. The maximum Gasteiger partial charge on any atom is 0.433 e. The molecule has 6 heteroatoms. The average Bonchev–Trinajstić information content (AvgIpc) is 2.45. The summed E-state index contributed by atoms with van der Waals surface area (Å²) in [5.74, 6) is 1.36. The molecule has 0 amide bonds. The minimum Gasteiger partial charge on any atom is -0.492 e. The number of ether oxygens (including phenoxy) is 1. The third-order valence-corrected chi connectivity index (χ3v) is 4.02. The summed E-state index contributed by atoms with van der Waals surface area (Å²) >= 11 is 0. The van der Waals surface area contributed by atoms with Gasteiger partial charge >= 0.3 is 6.18 Å². The molecule has 2 rings (SSSR count). The van der Waals surface area contributed by atoms with Gasteiger partial charge in [-0.25, -0.2) is 4.98 Å². The molecule has 1 N–H and O–H groups in total. The van der Waals surface area contributed by atoms with Crippen LogP contribution in [0.3, 0.4) is 0 Å². The molecule has 21 heavy (non-hydrogen) atoms. The van der Waals surface area contributed by atoms with Gasteiger partial charge in [0.25, 0.3) is 0 Å². The summed E-state index contributed by atoms with van der Waals surface area (Å²) in [4.78, 5) is 3.54. The number of nitrogens with zero attached hydrogens (tertiary/aromatic N) is 1. The fourth-order valence-electron chi connectivity index (χ4n) is 2.61. The lowest BCUT2D eigenvalue weighted by molar-refractivity contribution is -0.141. The maximum absolute atomic E-state index is 12.8. The molecule has 0 bridgehead atoms. The molecule has 0 spiro atoms. The Morgan fingerprint density at radius 3 is 2.81 bits per heavy atom. The lowest BCUT2D eigenvalue weighted by atomic mass is 9.89. The molecule has 3 nitrogen and oxygen atoms in total. The van der Waals surface area contributed by atoms with Gasteiger partial charge in [0.2, 0.25) is 0 Å². The Bertz CT molecular complexity index is 476. The van der Waals surface area contributed by atoms with E-state index in [1.54, 1.807) is 6.92 Å². The zero-order chi connectivity index (χ0) is 15.5. The molecule has 0 saturated carbocycles. The molecule has 118 valence electrons. The van der Waals surface area contributed by atoms with Gasteiger partial charge in [0.05, 0.1) is 12.8 Å². The second kappa shape index (κ2) is 6.64. The number of pyridine rings is 1. The lowest BCUT2D eigenvalue weighted by Gasteiger charge is -2.29. The fraction of sp³-hybridized carbons (Fsp3) is 0.667. The summed E-state index contributed by atoms with van der Waals surface area (Å²) in [6.07, 6.45) is -1.93. The van der Waals surface area contributed by atoms with Crippen molar-refractivity contribution in [3.8, 4) is 5.75 Å². The van der Waals surface area contributed by atoms with Crippen molar-refractivity contribution in [3.05, 3.63) is 23.5 Å². The van der Waals surface area contributed by atoms with E-state index in [0.29, 0.717) is 24.2 Å². The SMILES string of the molecule is CCc1cc(OCC2CCNCC2C)cnc1C(F)(F)F. The topological polar surface area (TPSA) is 34.1 Å². The van der Waals surface area contributed by atoms with Crippen molar-refractivity contribution in [1.82, 2.24) is 10.3 Å². The zero-order valence-corrected chi connectivity index (χ0v) is 12.3. The molecule has 1 aromatic rings. The van der Waals surface area contributed by atoms with E-state index in [1.807, 2.05) is 0 Å². The molecule has 0 aromatic carbocycles. The Balaban J connectivity index is 2.04. The maximum atomic E-state index is 12.8. The van der Waals surface area contributed by atoms with E-state index in [0.717, 1.165) is 19.5 Å². The Labute approximate surface area is 122 Å². The second-order valence-electron chi connectivity index (χ2n) is 5.57. The number of hydrogen-bond donors (Lipinski definition) is 1. The van der Waals surface area contributed by atoms with Crippen LogP contribution in [0.25, 0.3) is 0 Å². The first-order valence-electron chi connectivity index (χ1n) is 7.31. The van der Waals surface area contributed by atoms with Crippen molar-refractivity contribution in [2.75, 3.05) is 19.7 Å². The van der Waals surface area contributed by atoms with Gasteiger partial charge in [-0.05, 0) is 49.4 Å². The number of aryl methyl sites for hydroxylation is 1. The summed E-state index contributed by atoms with van der Waals surface area (Å²) in [5, 5.41) is 3.31. The molecule has 2 heterocycles. The van der Waals surface area contributed by atoms with E-state index in [4.69, 9.17) is 4.74 Å². The van der Waals surface area contributed by atoms with Crippen LogP contribution >= 0.6 is 0 Å². The second-order valence-corrected chi connectivity index (χ2v) is 5.57. The predicted octanol–water partition coefficient (Wildman–Crippen LogP) is 3.29. The van der Waals surface area contributed by atoms with Gasteiger partial charge in [0.15, 0.2) is 0 Å². The highest BCUT2D eigenvalue weighted by molar-refractivity contribution is 5.31. The van der Waals surface area contributed by atoms with Gasteiger partial charge < -0.3 is 10.1 Å². The third-order valence-electron chi connectivity index (χ3n) is 4.02. The van der Waals surface area contributed by atoms with Crippen LogP contribution in [0.4, 0.5) is 13.2 Å². The number of rotatable bonds is 4. The van der Waals surface area contributed by atoms with Crippen LogP contribution < -0.4 is 10.1 Å². The summed E-state index contributed by atoms with van der Waals surface area (Å²) in [7, 11) is 0. The quantitative estimate of drug-likeness (QED) is 0.927. The standard InChI is InChI=1S/C15H21F3N2O/c1-3-11-6-13(8-20-14(11)15(16,17)18)21-9-12-4-5-19-7-10(12)2/h6,8,10,12,19H,3-5,7,9H2,1-2H3. The molecular formula is C15H21F3N2O. The van der Waals surface area contributed by atoms with Crippen molar-refractivity contribution in [1.29, 1.82) is 0 Å². The van der Waals surface area contributed by atoms with Crippen molar-refractivity contribution in [2.45, 2.75) is 32.9 Å². The van der Waals surface area contributed by atoms with E-state index in [1.165, 1.54) is 12.3 Å². The van der Waals surface area contributed by atoms with Crippen LogP contribution in [0.2, 0.25) is 0 Å². The molecule has 1 saturated heterocycles. The molecule has 1 aliphatic rings. The van der Waals surface area contributed by atoms with Crippen molar-refractivity contribution in [2.24, 2.45) is 11.8 Å². The van der Waals surface area contributed by atoms with Crippen LogP contribution in [0.5, 0.6) is 5.75 Å². The Kier molecular flexibility index (Phi) is 5.08. The van der Waals surface area contributed by atoms with E-state index in [9.17, 15) is 13.2 Å². The Morgan fingerprint density at radius 2 is 2.19 bits per heavy atom. The summed E-state index contributed by atoms with van der Waals surface area (Å²) in [6.45, 7) is 6.29. The summed E-state index contributed by atoms with van der Waals surface area (Å²) in [6, 6.07) is 1.46. The first kappa shape index (κ1) is 16.1.